The highest BCUT2D eigenvalue weighted by molar-refractivity contribution is 6.33. The van der Waals surface area contributed by atoms with Gasteiger partial charge >= 0.3 is 0 Å². The Bertz CT molecular complexity index is 484. The van der Waals surface area contributed by atoms with Crippen LogP contribution in [0, 0.1) is 0 Å². The number of hydrogen-bond acceptors (Lipinski definition) is 4. The lowest BCUT2D eigenvalue weighted by Gasteiger charge is -2.04. The maximum atomic E-state index is 11.5. The zero-order valence-corrected chi connectivity index (χ0v) is 8.90. The number of anilines is 1. The van der Waals surface area contributed by atoms with Gasteiger partial charge in [0.1, 0.15) is 0 Å². The summed E-state index contributed by atoms with van der Waals surface area (Å²) in [6, 6.07) is 7.00. The van der Waals surface area contributed by atoms with Crippen molar-refractivity contribution in [1.29, 1.82) is 0 Å². The molecule has 0 fully saturated rings. The van der Waals surface area contributed by atoms with Crippen LogP contribution < -0.4 is 5.32 Å². The highest BCUT2D eigenvalue weighted by Crippen LogP contribution is 2.20. The summed E-state index contributed by atoms with van der Waals surface area (Å²) in [5.74, 6) is 0.0963. The van der Waals surface area contributed by atoms with Gasteiger partial charge in [-0.2, -0.15) is 5.21 Å². The van der Waals surface area contributed by atoms with Gasteiger partial charge in [-0.15, -0.1) is 10.2 Å². The second-order valence-electron chi connectivity index (χ2n) is 3.03. The maximum Gasteiger partial charge on any atom is 0.232 e. The maximum absolute atomic E-state index is 11.5. The van der Waals surface area contributed by atoms with Crippen molar-refractivity contribution in [3.63, 3.8) is 0 Å². The summed E-state index contributed by atoms with van der Waals surface area (Å²) in [7, 11) is 0. The molecule has 7 heteroatoms. The number of aromatic amines is 1. The number of halogens is 1. The van der Waals surface area contributed by atoms with Crippen molar-refractivity contribution >= 4 is 23.2 Å². The second-order valence-corrected chi connectivity index (χ2v) is 3.44. The van der Waals surface area contributed by atoms with Crippen LogP contribution in [-0.4, -0.2) is 26.5 Å². The molecular formula is C9H8ClN5O. The smallest absolute Gasteiger partial charge is 0.232 e. The number of carbonyl (C=O) groups is 1. The van der Waals surface area contributed by atoms with Crippen LogP contribution in [0.4, 0.5) is 5.69 Å². The molecule has 0 bridgehead atoms. The Morgan fingerprint density at radius 1 is 1.44 bits per heavy atom. The van der Waals surface area contributed by atoms with Crippen molar-refractivity contribution in [1.82, 2.24) is 20.6 Å². The van der Waals surface area contributed by atoms with Crippen LogP contribution in [0.5, 0.6) is 0 Å². The topological polar surface area (TPSA) is 83.6 Å². The summed E-state index contributed by atoms with van der Waals surface area (Å²) < 4.78 is 0. The van der Waals surface area contributed by atoms with Crippen LogP contribution in [0.1, 0.15) is 5.82 Å². The zero-order valence-electron chi connectivity index (χ0n) is 8.14. The molecule has 82 valence electrons. The predicted molar refractivity (Wildman–Crippen MR) is 58.0 cm³/mol. The van der Waals surface area contributed by atoms with Crippen molar-refractivity contribution in [3.8, 4) is 0 Å². The number of nitrogens with zero attached hydrogens (tertiary/aromatic N) is 3. The lowest BCUT2D eigenvalue weighted by Crippen LogP contribution is -2.15. The third kappa shape index (κ3) is 2.54. The number of H-pyrrole nitrogens is 1. The van der Waals surface area contributed by atoms with Gasteiger partial charge in [0, 0.05) is 0 Å². The third-order valence-electron chi connectivity index (χ3n) is 1.86. The summed E-state index contributed by atoms with van der Waals surface area (Å²) in [5, 5.41) is 16.1. The molecule has 1 aromatic carbocycles. The quantitative estimate of drug-likeness (QED) is 0.835. The van der Waals surface area contributed by atoms with Gasteiger partial charge in [-0.1, -0.05) is 28.9 Å². The molecule has 2 aromatic rings. The fourth-order valence-electron chi connectivity index (χ4n) is 1.16. The molecule has 0 saturated carbocycles. The molecule has 16 heavy (non-hydrogen) atoms. The number of benzene rings is 1. The fourth-order valence-corrected chi connectivity index (χ4v) is 1.34. The number of tetrazole rings is 1. The molecule has 2 rings (SSSR count). The standard InChI is InChI=1S/C9H8ClN5O/c10-6-3-1-2-4-7(6)11-9(16)5-8-12-14-15-13-8/h1-4H,5H2,(H,11,16)(H,12,13,14,15). The van der Waals surface area contributed by atoms with Gasteiger partial charge < -0.3 is 5.32 Å². The SMILES string of the molecule is O=C(Cc1nn[nH]n1)Nc1ccccc1Cl. The largest absolute Gasteiger partial charge is 0.324 e. The minimum atomic E-state index is -0.241. The van der Waals surface area contributed by atoms with Crippen LogP contribution in [0.3, 0.4) is 0 Å². The summed E-state index contributed by atoms with van der Waals surface area (Å²) >= 11 is 5.89. The highest BCUT2D eigenvalue weighted by atomic mass is 35.5. The lowest BCUT2D eigenvalue weighted by atomic mass is 10.3. The molecule has 2 N–H and O–H groups in total. The minimum Gasteiger partial charge on any atom is -0.324 e. The van der Waals surface area contributed by atoms with E-state index in [0.717, 1.165) is 0 Å². The van der Waals surface area contributed by atoms with E-state index in [0.29, 0.717) is 16.5 Å². The summed E-state index contributed by atoms with van der Waals surface area (Å²) in [6.07, 6.45) is 0.0573. The molecule has 0 radical (unpaired) electrons. The Labute approximate surface area is 96.0 Å². The lowest BCUT2D eigenvalue weighted by molar-refractivity contribution is -0.115. The van der Waals surface area contributed by atoms with E-state index in [4.69, 9.17) is 11.6 Å². The van der Waals surface area contributed by atoms with Gasteiger partial charge in [0.05, 0.1) is 17.1 Å². The monoisotopic (exact) mass is 237 g/mol. The Morgan fingerprint density at radius 2 is 2.25 bits per heavy atom. The zero-order chi connectivity index (χ0) is 11.4. The number of rotatable bonds is 3. The number of para-hydroxylation sites is 1. The van der Waals surface area contributed by atoms with E-state index in [2.05, 4.69) is 25.9 Å². The number of carbonyl (C=O) groups excluding carboxylic acids is 1. The Morgan fingerprint density at radius 3 is 2.94 bits per heavy atom. The van der Waals surface area contributed by atoms with E-state index in [9.17, 15) is 4.79 Å². The normalized spacial score (nSPS) is 10.1. The van der Waals surface area contributed by atoms with E-state index < -0.39 is 0 Å². The summed E-state index contributed by atoms with van der Waals surface area (Å²) in [5.41, 5.74) is 0.567. The van der Waals surface area contributed by atoms with Crippen molar-refractivity contribution < 1.29 is 4.79 Å². The molecule has 0 aliphatic rings. The average molecular weight is 238 g/mol. The van der Waals surface area contributed by atoms with E-state index in [1.165, 1.54) is 0 Å². The Kier molecular flexibility index (Phi) is 3.11. The van der Waals surface area contributed by atoms with Crippen molar-refractivity contribution in [2.75, 3.05) is 5.32 Å². The van der Waals surface area contributed by atoms with Gasteiger partial charge in [-0.3, -0.25) is 4.79 Å². The number of nitrogens with one attached hydrogen (secondary N) is 2. The summed E-state index contributed by atoms with van der Waals surface area (Å²) in [6.45, 7) is 0. The van der Waals surface area contributed by atoms with E-state index in [1.54, 1.807) is 24.3 Å². The van der Waals surface area contributed by atoms with E-state index >= 15 is 0 Å². The average Bonchev–Trinajstić information content (AvgIpc) is 2.74. The van der Waals surface area contributed by atoms with Gasteiger partial charge in [-0.25, -0.2) is 0 Å². The second kappa shape index (κ2) is 4.71. The van der Waals surface area contributed by atoms with Crippen molar-refractivity contribution in [2.24, 2.45) is 0 Å². The van der Waals surface area contributed by atoms with Crippen LogP contribution in [0.25, 0.3) is 0 Å². The molecular weight excluding hydrogens is 230 g/mol. The first-order valence-corrected chi connectivity index (χ1v) is 4.90. The first-order valence-electron chi connectivity index (χ1n) is 4.52. The predicted octanol–water partition coefficient (Wildman–Crippen LogP) is 1.03. The number of aromatic nitrogens is 4. The van der Waals surface area contributed by atoms with Gasteiger partial charge in [0.25, 0.3) is 0 Å². The van der Waals surface area contributed by atoms with Crippen LogP contribution in [0.15, 0.2) is 24.3 Å². The van der Waals surface area contributed by atoms with Gasteiger partial charge in [-0.05, 0) is 12.1 Å². The van der Waals surface area contributed by atoms with Crippen LogP contribution >= 0.6 is 11.6 Å². The molecule has 0 spiro atoms. The molecule has 1 aromatic heterocycles. The third-order valence-corrected chi connectivity index (χ3v) is 2.19. The molecule has 0 aliphatic carbocycles. The molecule has 6 nitrogen and oxygen atoms in total. The van der Waals surface area contributed by atoms with Crippen molar-refractivity contribution in [3.05, 3.63) is 35.1 Å². The van der Waals surface area contributed by atoms with Crippen LogP contribution in [0.2, 0.25) is 5.02 Å². The van der Waals surface area contributed by atoms with E-state index in [-0.39, 0.29) is 12.3 Å². The molecule has 0 atom stereocenters. The van der Waals surface area contributed by atoms with E-state index in [1.807, 2.05) is 0 Å². The molecule has 0 saturated heterocycles. The molecule has 0 aliphatic heterocycles. The molecule has 1 amide bonds. The minimum absolute atomic E-state index is 0.0573. The van der Waals surface area contributed by atoms with Gasteiger partial charge in [0.15, 0.2) is 5.82 Å². The molecule has 0 unspecified atom stereocenters. The number of hydrogen-bond donors (Lipinski definition) is 2. The molecule has 1 heterocycles. The first kappa shape index (κ1) is 10.6. The number of amides is 1. The highest BCUT2D eigenvalue weighted by Gasteiger charge is 2.08. The van der Waals surface area contributed by atoms with Crippen molar-refractivity contribution in [2.45, 2.75) is 6.42 Å². The van der Waals surface area contributed by atoms with Gasteiger partial charge in [0.2, 0.25) is 5.91 Å². The first-order chi connectivity index (χ1) is 7.75. The Hall–Kier alpha value is -1.95. The summed E-state index contributed by atoms with van der Waals surface area (Å²) in [4.78, 5) is 11.5. The fraction of sp³-hybridized carbons (Fsp3) is 0.111. The van der Waals surface area contributed by atoms with Crippen LogP contribution in [-0.2, 0) is 11.2 Å². The Balaban J connectivity index is 2.00.